The van der Waals surface area contributed by atoms with Crippen molar-refractivity contribution >= 4 is 28.3 Å². The van der Waals surface area contributed by atoms with Crippen molar-refractivity contribution < 1.29 is 5.11 Å². The summed E-state index contributed by atoms with van der Waals surface area (Å²) in [5.41, 5.74) is 6.91. The molecule has 2 nitrogen and oxygen atoms in total. The van der Waals surface area contributed by atoms with Crippen molar-refractivity contribution in [3.8, 4) is 5.75 Å². The number of benzene rings is 1. The monoisotopic (exact) mass is 279 g/mol. The summed E-state index contributed by atoms with van der Waals surface area (Å²) in [4.78, 5) is 0. The van der Waals surface area contributed by atoms with Gasteiger partial charge >= 0.3 is 0 Å². The summed E-state index contributed by atoms with van der Waals surface area (Å²) in [7, 11) is 0. The van der Waals surface area contributed by atoms with Crippen LogP contribution in [-0.2, 0) is 0 Å². The minimum Gasteiger partial charge on any atom is -0.508 e. The first-order valence-corrected chi connectivity index (χ1v) is 5.18. The average molecular weight is 281 g/mol. The number of hydrogen-bond donors (Lipinski definition) is 2. The molecule has 1 aromatic rings. The topological polar surface area (TPSA) is 46.2 Å². The van der Waals surface area contributed by atoms with Crippen LogP contribution in [0.2, 0.25) is 0 Å². The first-order chi connectivity index (χ1) is 6.15. The van der Waals surface area contributed by atoms with E-state index < -0.39 is 0 Å². The second kappa shape index (κ2) is 6.27. The minimum atomic E-state index is 0. The van der Waals surface area contributed by atoms with E-state index in [2.05, 4.69) is 22.9 Å². The average Bonchev–Trinajstić information content (AvgIpc) is 2.09. The van der Waals surface area contributed by atoms with Crippen molar-refractivity contribution in [1.29, 1.82) is 0 Å². The lowest BCUT2D eigenvalue weighted by atomic mass is 10.0. The van der Waals surface area contributed by atoms with Crippen molar-refractivity contribution in [2.75, 3.05) is 0 Å². The summed E-state index contributed by atoms with van der Waals surface area (Å²) in [6.45, 7) is 2.09. The molecule has 14 heavy (non-hydrogen) atoms. The van der Waals surface area contributed by atoms with Crippen LogP contribution in [0.4, 0.5) is 0 Å². The van der Waals surface area contributed by atoms with Crippen LogP contribution in [0.1, 0.15) is 31.4 Å². The summed E-state index contributed by atoms with van der Waals surface area (Å²) in [5.74, 6) is 0.268. The van der Waals surface area contributed by atoms with E-state index in [9.17, 15) is 5.11 Å². The predicted molar refractivity (Wildman–Crippen MR) is 64.9 cm³/mol. The van der Waals surface area contributed by atoms with E-state index in [4.69, 9.17) is 5.73 Å². The quantitative estimate of drug-likeness (QED) is 0.891. The second-order valence-electron chi connectivity index (χ2n) is 3.10. The Hall–Kier alpha value is -0.250. The Balaban J connectivity index is 0.00000169. The molecule has 1 aromatic carbocycles. The van der Waals surface area contributed by atoms with Gasteiger partial charge in [0.2, 0.25) is 0 Å². The van der Waals surface area contributed by atoms with Crippen LogP contribution in [0.25, 0.3) is 0 Å². The molecular formula is C10H15BrClNO. The molecule has 0 saturated carbocycles. The summed E-state index contributed by atoms with van der Waals surface area (Å²) < 4.78 is 0.964. The van der Waals surface area contributed by atoms with Gasteiger partial charge in [-0.25, -0.2) is 0 Å². The Morgan fingerprint density at radius 3 is 2.71 bits per heavy atom. The Kier molecular flexibility index (Phi) is 6.16. The lowest BCUT2D eigenvalue weighted by Gasteiger charge is -2.12. The molecule has 0 amide bonds. The molecular weight excluding hydrogens is 265 g/mol. The number of halogens is 2. The Bertz CT molecular complexity index is 293. The number of phenols is 1. The third-order valence-electron chi connectivity index (χ3n) is 1.98. The van der Waals surface area contributed by atoms with E-state index in [0.29, 0.717) is 0 Å². The molecule has 0 aliphatic carbocycles. The van der Waals surface area contributed by atoms with Crippen LogP contribution in [0, 0.1) is 0 Å². The standard InChI is InChI=1S/C10H14BrNO.ClH/c1-2-3-10(12)8-6-7(13)4-5-9(8)11;/h4-6,10,13H,2-3,12H2,1H3;1H/t10-;/m0./s1. The van der Waals surface area contributed by atoms with Crippen LogP contribution in [0.15, 0.2) is 22.7 Å². The number of hydrogen-bond acceptors (Lipinski definition) is 2. The fraction of sp³-hybridized carbons (Fsp3) is 0.400. The summed E-state index contributed by atoms with van der Waals surface area (Å²) in [6.07, 6.45) is 1.98. The Labute approximate surface area is 99.0 Å². The summed E-state index contributed by atoms with van der Waals surface area (Å²) >= 11 is 3.41. The Morgan fingerprint density at radius 2 is 2.14 bits per heavy atom. The van der Waals surface area contributed by atoms with Gasteiger partial charge in [-0.3, -0.25) is 0 Å². The lowest BCUT2D eigenvalue weighted by molar-refractivity contribution is 0.473. The van der Waals surface area contributed by atoms with Gasteiger partial charge in [-0.2, -0.15) is 0 Å². The molecule has 0 aliphatic rings. The summed E-state index contributed by atoms with van der Waals surface area (Å²) in [6, 6.07) is 5.18. The zero-order valence-corrected chi connectivity index (χ0v) is 10.4. The zero-order valence-electron chi connectivity index (χ0n) is 8.03. The molecule has 0 radical (unpaired) electrons. The van der Waals surface area contributed by atoms with E-state index in [1.165, 1.54) is 0 Å². The number of rotatable bonds is 3. The fourth-order valence-electron chi connectivity index (χ4n) is 1.28. The van der Waals surface area contributed by atoms with Crippen LogP contribution in [0.5, 0.6) is 5.75 Å². The van der Waals surface area contributed by atoms with Gasteiger partial charge in [0.25, 0.3) is 0 Å². The van der Waals surface area contributed by atoms with E-state index in [1.807, 2.05) is 6.07 Å². The maximum atomic E-state index is 9.28. The first kappa shape index (κ1) is 13.8. The zero-order chi connectivity index (χ0) is 9.84. The molecule has 0 spiro atoms. The summed E-state index contributed by atoms with van der Waals surface area (Å²) in [5, 5.41) is 9.28. The molecule has 0 aliphatic heterocycles. The largest absolute Gasteiger partial charge is 0.508 e. The van der Waals surface area contributed by atoms with Gasteiger partial charge in [-0.05, 0) is 30.2 Å². The van der Waals surface area contributed by atoms with Gasteiger partial charge in [0.15, 0.2) is 0 Å². The highest BCUT2D eigenvalue weighted by Crippen LogP contribution is 2.28. The van der Waals surface area contributed by atoms with Crippen molar-refractivity contribution in [1.82, 2.24) is 0 Å². The normalized spacial score (nSPS) is 11.9. The van der Waals surface area contributed by atoms with Crippen LogP contribution < -0.4 is 5.73 Å². The van der Waals surface area contributed by atoms with E-state index >= 15 is 0 Å². The lowest BCUT2D eigenvalue weighted by Crippen LogP contribution is -2.10. The van der Waals surface area contributed by atoms with Gasteiger partial charge < -0.3 is 10.8 Å². The second-order valence-corrected chi connectivity index (χ2v) is 3.96. The molecule has 0 heterocycles. The third-order valence-corrected chi connectivity index (χ3v) is 2.70. The Morgan fingerprint density at radius 1 is 1.50 bits per heavy atom. The number of phenolic OH excluding ortho intramolecular Hbond substituents is 1. The van der Waals surface area contributed by atoms with Gasteiger partial charge in [0.05, 0.1) is 0 Å². The molecule has 0 unspecified atom stereocenters. The molecule has 1 atom stereocenters. The van der Waals surface area contributed by atoms with Crippen LogP contribution in [0.3, 0.4) is 0 Å². The maximum Gasteiger partial charge on any atom is 0.115 e. The maximum absolute atomic E-state index is 9.28. The highest BCUT2D eigenvalue weighted by Gasteiger charge is 2.09. The smallest absolute Gasteiger partial charge is 0.115 e. The van der Waals surface area contributed by atoms with E-state index in [-0.39, 0.29) is 24.2 Å². The van der Waals surface area contributed by atoms with Gasteiger partial charge in [0, 0.05) is 10.5 Å². The third kappa shape index (κ3) is 3.48. The van der Waals surface area contributed by atoms with Crippen molar-refractivity contribution in [3.63, 3.8) is 0 Å². The molecule has 0 aromatic heterocycles. The SMILES string of the molecule is CCC[C@H](N)c1cc(O)ccc1Br.Cl. The number of nitrogens with two attached hydrogens (primary N) is 1. The molecule has 0 fully saturated rings. The van der Waals surface area contributed by atoms with Crippen LogP contribution in [-0.4, -0.2) is 5.11 Å². The van der Waals surface area contributed by atoms with Gasteiger partial charge in [-0.15, -0.1) is 12.4 Å². The predicted octanol–water partition coefficient (Wildman–Crippen LogP) is 3.38. The van der Waals surface area contributed by atoms with Gasteiger partial charge in [-0.1, -0.05) is 29.3 Å². The molecule has 4 heteroatoms. The van der Waals surface area contributed by atoms with Crippen molar-refractivity contribution in [3.05, 3.63) is 28.2 Å². The molecule has 0 bridgehead atoms. The molecule has 3 N–H and O–H groups in total. The minimum absolute atomic E-state index is 0. The molecule has 80 valence electrons. The van der Waals surface area contributed by atoms with E-state index in [1.54, 1.807) is 12.1 Å². The molecule has 0 saturated heterocycles. The highest BCUT2D eigenvalue weighted by atomic mass is 79.9. The fourth-order valence-corrected chi connectivity index (χ4v) is 1.82. The van der Waals surface area contributed by atoms with E-state index in [0.717, 1.165) is 22.9 Å². The first-order valence-electron chi connectivity index (χ1n) is 4.39. The highest BCUT2D eigenvalue weighted by molar-refractivity contribution is 9.10. The van der Waals surface area contributed by atoms with Crippen molar-refractivity contribution in [2.24, 2.45) is 5.73 Å². The number of aromatic hydroxyl groups is 1. The molecule has 1 rings (SSSR count). The van der Waals surface area contributed by atoms with Crippen LogP contribution >= 0.6 is 28.3 Å². The van der Waals surface area contributed by atoms with Gasteiger partial charge in [0.1, 0.15) is 5.75 Å². The van der Waals surface area contributed by atoms with Crippen molar-refractivity contribution in [2.45, 2.75) is 25.8 Å².